The molecule has 5 heteroatoms. The second-order valence-electron chi connectivity index (χ2n) is 5.39. The Morgan fingerprint density at radius 3 is 2.60 bits per heavy atom. The fraction of sp³-hybridized carbons (Fsp3) is 0.600. The molecule has 2 unspecified atom stereocenters. The number of hydrogen-bond acceptors (Lipinski definition) is 4. The number of benzene rings is 1. The van der Waals surface area contributed by atoms with Crippen molar-refractivity contribution in [3.63, 3.8) is 0 Å². The van der Waals surface area contributed by atoms with Gasteiger partial charge in [-0.1, -0.05) is 6.92 Å². The number of rotatable bonds is 5. The minimum atomic E-state index is -3.12. The zero-order valence-corrected chi connectivity index (χ0v) is 12.9. The molecule has 1 saturated heterocycles. The molecule has 0 bridgehead atoms. The molecular weight excluding hydrogens is 274 g/mol. The summed E-state index contributed by atoms with van der Waals surface area (Å²) in [5, 5.41) is 3.45. The van der Waals surface area contributed by atoms with Gasteiger partial charge in [-0.25, -0.2) is 8.42 Å². The Labute approximate surface area is 121 Å². The Bertz CT molecular complexity index is 525. The number of anilines is 1. The summed E-state index contributed by atoms with van der Waals surface area (Å²) in [5.74, 6) is 0.206. The van der Waals surface area contributed by atoms with Gasteiger partial charge in [0.2, 0.25) is 0 Å². The van der Waals surface area contributed by atoms with E-state index in [0.717, 1.165) is 25.1 Å². The van der Waals surface area contributed by atoms with Crippen LogP contribution in [-0.2, 0) is 14.6 Å². The first-order chi connectivity index (χ1) is 9.51. The fourth-order valence-electron chi connectivity index (χ4n) is 2.51. The van der Waals surface area contributed by atoms with Crippen LogP contribution in [0.15, 0.2) is 29.2 Å². The van der Waals surface area contributed by atoms with Gasteiger partial charge in [-0.05, 0) is 50.5 Å². The molecule has 1 heterocycles. The molecule has 2 atom stereocenters. The molecule has 0 saturated carbocycles. The van der Waals surface area contributed by atoms with Crippen molar-refractivity contribution in [3.05, 3.63) is 24.3 Å². The highest BCUT2D eigenvalue weighted by molar-refractivity contribution is 7.91. The minimum Gasteiger partial charge on any atom is -0.382 e. The van der Waals surface area contributed by atoms with E-state index in [1.54, 1.807) is 12.1 Å². The van der Waals surface area contributed by atoms with Crippen LogP contribution in [0.4, 0.5) is 5.69 Å². The lowest BCUT2D eigenvalue weighted by Crippen LogP contribution is -2.32. The van der Waals surface area contributed by atoms with Crippen molar-refractivity contribution in [3.8, 4) is 0 Å². The molecule has 1 fully saturated rings. The molecule has 20 heavy (non-hydrogen) atoms. The maximum atomic E-state index is 11.9. The Hall–Kier alpha value is -1.07. The lowest BCUT2D eigenvalue weighted by molar-refractivity contribution is 0.0232. The van der Waals surface area contributed by atoms with Crippen LogP contribution in [0.25, 0.3) is 0 Å². The summed E-state index contributed by atoms with van der Waals surface area (Å²) >= 11 is 0. The average molecular weight is 297 g/mol. The van der Waals surface area contributed by atoms with E-state index < -0.39 is 9.84 Å². The third-order valence-corrected chi connectivity index (χ3v) is 5.48. The van der Waals surface area contributed by atoms with E-state index in [2.05, 4.69) is 12.2 Å². The SMILES string of the molecule is CCCS(=O)(=O)c1ccc(NC2CCOC(C)C2)cc1. The van der Waals surface area contributed by atoms with E-state index >= 15 is 0 Å². The summed E-state index contributed by atoms with van der Waals surface area (Å²) in [6.07, 6.45) is 2.89. The number of nitrogens with one attached hydrogen (secondary N) is 1. The van der Waals surface area contributed by atoms with E-state index in [-0.39, 0.29) is 11.9 Å². The van der Waals surface area contributed by atoms with E-state index in [1.807, 2.05) is 19.1 Å². The second-order valence-corrected chi connectivity index (χ2v) is 7.50. The highest BCUT2D eigenvalue weighted by Gasteiger charge is 2.19. The fourth-order valence-corrected chi connectivity index (χ4v) is 3.83. The first-order valence-electron chi connectivity index (χ1n) is 7.22. The van der Waals surface area contributed by atoms with Crippen molar-refractivity contribution >= 4 is 15.5 Å². The van der Waals surface area contributed by atoms with Gasteiger partial charge in [0, 0.05) is 18.3 Å². The van der Waals surface area contributed by atoms with Crippen LogP contribution < -0.4 is 5.32 Å². The Balaban J connectivity index is 2.01. The lowest BCUT2D eigenvalue weighted by Gasteiger charge is -2.28. The van der Waals surface area contributed by atoms with Crippen LogP contribution >= 0.6 is 0 Å². The summed E-state index contributed by atoms with van der Waals surface area (Å²) in [7, 11) is -3.12. The number of sulfone groups is 1. The van der Waals surface area contributed by atoms with E-state index in [9.17, 15) is 8.42 Å². The van der Waals surface area contributed by atoms with Crippen LogP contribution in [-0.4, -0.2) is 32.9 Å². The summed E-state index contributed by atoms with van der Waals surface area (Å²) in [6.45, 7) is 4.73. The third kappa shape index (κ3) is 3.96. The normalized spacial score (nSPS) is 23.5. The van der Waals surface area contributed by atoms with Gasteiger partial charge >= 0.3 is 0 Å². The second kappa shape index (κ2) is 6.59. The third-order valence-electron chi connectivity index (χ3n) is 3.54. The van der Waals surface area contributed by atoms with Gasteiger partial charge in [0.05, 0.1) is 16.8 Å². The quantitative estimate of drug-likeness (QED) is 0.908. The first-order valence-corrected chi connectivity index (χ1v) is 8.87. The predicted octanol–water partition coefficient (Wildman–Crippen LogP) is 2.85. The largest absolute Gasteiger partial charge is 0.382 e. The van der Waals surface area contributed by atoms with Gasteiger partial charge in [0.1, 0.15) is 0 Å². The van der Waals surface area contributed by atoms with Crippen LogP contribution in [0.5, 0.6) is 0 Å². The molecule has 1 aliphatic rings. The van der Waals surface area contributed by atoms with Crippen molar-refractivity contribution < 1.29 is 13.2 Å². The molecule has 0 aliphatic carbocycles. The Morgan fingerprint density at radius 2 is 2.00 bits per heavy atom. The van der Waals surface area contributed by atoms with Crippen LogP contribution in [0, 0.1) is 0 Å². The van der Waals surface area contributed by atoms with Gasteiger partial charge in [0.15, 0.2) is 9.84 Å². The van der Waals surface area contributed by atoms with Crippen molar-refractivity contribution in [1.29, 1.82) is 0 Å². The van der Waals surface area contributed by atoms with Crippen molar-refractivity contribution in [1.82, 2.24) is 0 Å². The van der Waals surface area contributed by atoms with Crippen molar-refractivity contribution in [2.75, 3.05) is 17.7 Å². The molecule has 0 amide bonds. The smallest absolute Gasteiger partial charge is 0.178 e. The van der Waals surface area contributed by atoms with Gasteiger partial charge in [0.25, 0.3) is 0 Å². The zero-order chi connectivity index (χ0) is 14.6. The molecule has 0 aromatic heterocycles. The van der Waals surface area contributed by atoms with Gasteiger partial charge in [-0.15, -0.1) is 0 Å². The average Bonchev–Trinajstić information content (AvgIpc) is 2.39. The molecule has 1 aromatic rings. The van der Waals surface area contributed by atoms with E-state index in [4.69, 9.17) is 4.74 Å². The maximum Gasteiger partial charge on any atom is 0.178 e. The molecule has 0 radical (unpaired) electrons. The first kappa shape index (κ1) is 15.3. The number of ether oxygens (including phenoxy) is 1. The van der Waals surface area contributed by atoms with Gasteiger partial charge in [-0.2, -0.15) is 0 Å². The Kier molecular flexibility index (Phi) is 5.05. The minimum absolute atomic E-state index is 0.206. The zero-order valence-electron chi connectivity index (χ0n) is 12.1. The molecule has 1 N–H and O–H groups in total. The molecule has 112 valence electrons. The highest BCUT2D eigenvalue weighted by atomic mass is 32.2. The van der Waals surface area contributed by atoms with Gasteiger partial charge in [-0.3, -0.25) is 0 Å². The Morgan fingerprint density at radius 1 is 1.30 bits per heavy atom. The predicted molar refractivity (Wildman–Crippen MR) is 80.8 cm³/mol. The molecule has 1 aromatic carbocycles. The lowest BCUT2D eigenvalue weighted by atomic mass is 10.0. The van der Waals surface area contributed by atoms with Crippen LogP contribution in [0.2, 0.25) is 0 Å². The van der Waals surface area contributed by atoms with Crippen molar-refractivity contribution in [2.24, 2.45) is 0 Å². The molecule has 4 nitrogen and oxygen atoms in total. The summed E-state index contributed by atoms with van der Waals surface area (Å²) in [6, 6.07) is 7.48. The van der Waals surface area contributed by atoms with Crippen LogP contribution in [0.1, 0.15) is 33.1 Å². The molecule has 0 spiro atoms. The summed E-state index contributed by atoms with van der Waals surface area (Å²) in [4.78, 5) is 0.408. The highest BCUT2D eigenvalue weighted by Crippen LogP contribution is 2.20. The molecule has 1 aliphatic heterocycles. The topological polar surface area (TPSA) is 55.4 Å². The van der Waals surface area contributed by atoms with Gasteiger partial charge < -0.3 is 10.1 Å². The monoisotopic (exact) mass is 297 g/mol. The van der Waals surface area contributed by atoms with Crippen LogP contribution in [0.3, 0.4) is 0 Å². The number of hydrogen-bond donors (Lipinski definition) is 1. The molecular formula is C15H23NO3S. The summed E-state index contributed by atoms with van der Waals surface area (Å²) < 4.78 is 29.4. The molecule has 2 rings (SSSR count). The maximum absolute atomic E-state index is 11.9. The van der Waals surface area contributed by atoms with E-state index in [0.29, 0.717) is 17.4 Å². The summed E-state index contributed by atoms with van der Waals surface area (Å²) in [5.41, 5.74) is 0.972. The van der Waals surface area contributed by atoms with Crippen molar-refractivity contribution in [2.45, 2.75) is 50.2 Å². The standard InChI is InChI=1S/C15H23NO3S/c1-3-10-20(17,18)15-6-4-13(5-7-15)16-14-8-9-19-12(2)11-14/h4-7,12,14,16H,3,8-11H2,1-2H3. The van der Waals surface area contributed by atoms with E-state index in [1.165, 1.54) is 0 Å².